The second-order valence-electron chi connectivity index (χ2n) is 3.05. The normalized spacial score (nSPS) is 12.1. The molecule has 0 aliphatic carbocycles. The van der Waals surface area contributed by atoms with E-state index in [1.807, 2.05) is 6.92 Å². The van der Waals surface area contributed by atoms with Crippen LogP contribution in [0, 0.1) is 0 Å². The molecule has 1 aromatic carbocycles. The lowest BCUT2D eigenvalue weighted by Gasteiger charge is -2.09. The topological polar surface area (TPSA) is 75.4 Å². The highest BCUT2D eigenvalue weighted by molar-refractivity contribution is 5.94. The van der Waals surface area contributed by atoms with Crippen molar-refractivity contribution in [3.8, 4) is 5.75 Å². The monoisotopic (exact) mass is 194 g/mol. The summed E-state index contributed by atoms with van der Waals surface area (Å²) < 4.78 is 0. The third-order valence-electron chi connectivity index (χ3n) is 1.89. The van der Waals surface area contributed by atoms with E-state index in [0.717, 1.165) is 0 Å². The fourth-order valence-electron chi connectivity index (χ4n) is 1.00. The van der Waals surface area contributed by atoms with Gasteiger partial charge in [-0.2, -0.15) is 0 Å². The third-order valence-corrected chi connectivity index (χ3v) is 1.89. The average Bonchev–Trinajstić information content (AvgIpc) is 2.16. The van der Waals surface area contributed by atoms with Gasteiger partial charge in [0.15, 0.2) is 0 Å². The molecule has 0 bridgehead atoms. The van der Waals surface area contributed by atoms with Gasteiger partial charge >= 0.3 is 0 Å². The van der Waals surface area contributed by atoms with Gasteiger partial charge in [0, 0.05) is 11.8 Å². The lowest BCUT2D eigenvalue weighted by atomic mass is 10.2. The maximum absolute atomic E-state index is 11.3. The second-order valence-corrected chi connectivity index (χ2v) is 3.05. The van der Waals surface area contributed by atoms with E-state index >= 15 is 0 Å². The Bertz CT molecular complexity index is 326. The lowest BCUT2D eigenvalue weighted by molar-refractivity contribution is -0.117. The maximum Gasteiger partial charge on any atom is 0.241 e. The molecule has 1 amide bonds. The van der Waals surface area contributed by atoms with Gasteiger partial charge in [-0.1, -0.05) is 13.0 Å². The van der Waals surface area contributed by atoms with Crippen molar-refractivity contribution in [2.75, 3.05) is 5.32 Å². The first-order chi connectivity index (χ1) is 6.63. The standard InChI is InChI=1S/C10H14N2O2/c1-2-9(11)10(14)12-7-4-3-5-8(13)6-7/h3-6,9,13H,2,11H2,1H3,(H,12,14)/t9-/m1/s1. The van der Waals surface area contributed by atoms with Crippen molar-refractivity contribution in [1.82, 2.24) is 0 Å². The first kappa shape index (κ1) is 10.5. The molecular weight excluding hydrogens is 180 g/mol. The number of anilines is 1. The van der Waals surface area contributed by atoms with E-state index in [9.17, 15) is 4.79 Å². The molecule has 0 unspecified atom stereocenters. The molecule has 4 nitrogen and oxygen atoms in total. The SMILES string of the molecule is CC[C@@H](N)C(=O)Nc1cccc(O)c1. The fourth-order valence-corrected chi connectivity index (χ4v) is 1.00. The highest BCUT2D eigenvalue weighted by Gasteiger charge is 2.10. The van der Waals surface area contributed by atoms with Gasteiger partial charge in [0.1, 0.15) is 5.75 Å². The van der Waals surface area contributed by atoms with Gasteiger partial charge in [0.25, 0.3) is 0 Å². The summed E-state index contributed by atoms with van der Waals surface area (Å²) in [5.74, 6) is -0.119. The van der Waals surface area contributed by atoms with Crippen LogP contribution in [0.15, 0.2) is 24.3 Å². The molecule has 4 N–H and O–H groups in total. The number of carbonyl (C=O) groups excluding carboxylic acids is 1. The summed E-state index contributed by atoms with van der Waals surface area (Å²) in [7, 11) is 0. The van der Waals surface area contributed by atoms with Crippen molar-refractivity contribution in [2.24, 2.45) is 5.73 Å². The van der Waals surface area contributed by atoms with Crippen LogP contribution in [0.5, 0.6) is 5.75 Å². The minimum Gasteiger partial charge on any atom is -0.508 e. The van der Waals surface area contributed by atoms with E-state index in [2.05, 4.69) is 5.32 Å². The molecule has 1 rings (SSSR count). The van der Waals surface area contributed by atoms with Gasteiger partial charge in [-0.15, -0.1) is 0 Å². The number of hydrogen-bond donors (Lipinski definition) is 3. The summed E-state index contributed by atoms with van der Waals surface area (Å²) in [6.07, 6.45) is 0.588. The highest BCUT2D eigenvalue weighted by atomic mass is 16.3. The number of aromatic hydroxyl groups is 1. The summed E-state index contributed by atoms with van der Waals surface area (Å²) in [6.45, 7) is 1.84. The van der Waals surface area contributed by atoms with E-state index in [1.165, 1.54) is 12.1 Å². The minimum absolute atomic E-state index is 0.118. The van der Waals surface area contributed by atoms with Crippen LogP contribution in [0.25, 0.3) is 0 Å². The van der Waals surface area contributed by atoms with Gasteiger partial charge < -0.3 is 16.2 Å². The maximum atomic E-state index is 11.3. The number of amides is 1. The van der Waals surface area contributed by atoms with Crippen LogP contribution < -0.4 is 11.1 Å². The molecular formula is C10H14N2O2. The smallest absolute Gasteiger partial charge is 0.241 e. The number of hydrogen-bond acceptors (Lipinski definition) is 3. The molecule has 0 aliphatic heterocycles. The zero-order chi connectivity index (χ0) is 10.6. The Labute approximate surface area is 82.7 Å². The molecule has 4 heteroatoms. The number of phenolic OH excluding ortho intramolecular Hbond substituents is 1. The van der Waals surface area contributed by atoms with Crippen LogP contribution in [-0.2, 0) is 4.79 Å². The molecule has 0 saturated heterocycles. The van der Waals surface area contributed by atoms with Gasteiger partial charge in [-0.3, -0.25) is 4.79 Å². The van der Waals surface area contributed by atoms with Crippen molar-refractivity contribution >= 4 is 11.6 Å². The number of phenols is 1. The first-order valence-electron chi connectivity index (χ1n) is 4.49. The van der Waals surface area contributed by atoms with E-state index in [4.69, 9.17) is 10.8 Å². The van der Waals surface area contributed by atoms with Crippen LogP contribution in [-0.4, -0.2) is 17.1 Å². The molecule has 0 aliphatic rings. The Morgan fingerprint density at radius 3 is 2.93 bits per heavy atom. The van der Waals surface area contributed by atoms with Crippen molar-refractivity contribution in [1.29, 1.82) is 0 Å². The fraction of sp³-hybridized carbons (Fsp3) is 0.300. The van der Waals surface area contributed by atoms with E-state index in [0.29, 0.717) is 12.1 Å². The summed E-state index contributed by atoms with van der Waals surface area (Å²) in [4.78, 5) is 11.3. The van der Waals surface area contributed by atoms with Crippen LogP contribution in [0.2, 0.25) is 0 Å². The molecule has 0 fully saturated rings. The quantitative estimate of drug-likeness (QED) is 0.673. The number of rotatable bonds is 3. The Balaban J connectivity index is 2.65. The lowest BCUT2D eigenvalue weighted by Crippen LogP contribution is -2.34. The summed E-state index contributed by atoms with van der Waals surface area (Å²) in [6, 6.07) is 5.86. The predicted octanol–water partition coefficient (Wildman–Crippen LogP) is 1.07. The van der Waals surface area contributed by atoms with E-state index < -0.39 is 6.04 Å². The molecule has 0 aromatic heterocycles. The Hall–Kier alpha value is -1.55. The van der Waals surface area contributed by atoms with Gasteiger partial charge in [0.2, 0.25) is 5.91 Å². The Morgan fingerprint density at radius 2 is 2.36 bits per heavy atom. The summed E-state index contributed by atoms with van der Waals surface area (Å²) in [5, 5.41) is 11.7. The van der Waals surface area contributed by atoms with E-state index in [-0.39, 0.29) is 11.7 Å². The summed E-state index contributed by atoms with van der Waals surface area (Å²) >= 11 is 0. The Morgan fingerprint density at radius 1 is 1.64 bits per heavy atom. The predicted molar refractivity (Wildman–Crippen MR) is 55.0 cm³/mol. The van der Waals surface area contributed by atoms with Crippen molar-refractivity contribution in [3.05, 3.63) is 24.3 Å². The first-order valence-corrected chi connectivity index (χ1v) is 4.49. The van der Waals surface area contributed by atoms with Crippen LogP contribution in [0.4, 0.5) is 5.69 Å². The second kappa shape index (κ2) is 4.62. The van der Waals surface area contributed by atoms with Gasteiger partial charge in [-0.05, 0) is 18.6 Å². The van der Waals surface area contributed by atoms with Crippen LogP contribution in [0.1, 0.15) is 13.3 Å². The average molecular weight is 194 g/mol. The third kappa shape index (κ3) is 2.74. The highest BCUT2D eigenvalue weighted by Crippen LogP contribution is 2.15. The molecule has 1 aromatic rings. The van der Waals surface area contributed by atoms with Crippen LogP contribution in [0.3, 0.4) is 0 Å². The molecule has 0 radical (unpaired) electrons. The molecule has 0 spiro atoms. The Kier molecular flexibility index (Phi) is 3.48. The van der Waals surface area contributed by atoms with Gasteiger partial charge in [-0.25, -0.2) is 0 Å². The zero-order valence-electron chi connectivity index (χ0n) is 8.03. The largest absolute Gasteiger partial charge is 0.508 e. The number of carbonyl (C=O) groups is 1. The number of nitrogens with two attached hydrogens (primary N) is 1. The molecule has 0 heterocycles. The minimum atomic E-state index is -0.502. The number of nitrogens with one attached hydrogen (secondary N) is 1. The molecule has 1 atom stereocenters. The van der Waals surface area contributed by atoms with Crippen molar-refractivity contribution in [2.45, 2.75) is 19.4 Å². The molecule has 14 heavy (non-hydrogen) atoms. The zero-order valence-corrected chi connectivity index (χ0v) is 8.03. The molecule has 0 saturated carbocycles. The number of benzene rings is 1. The van der Waals surface area contributed by atoms with E-state index in [1.54, 1.807) is 12.1 Å². The summed E-state index contributed by atoms with van der Waals surface area (Å²) in [5.41, 5.74) is 6.08. The van der Waals surface area contributed by atoms with Gasteiger partial charge in [0.05, 0.1) is 6.04 Å². The van der Waals surface area contributed by atoms with Crippen molar-refractivity contribution < 1.29 is 9.90 Å². The van der Waals surface area contributed by atoms with Crippen LogP contribution >= 0.6 is 0 Å². The van der Waals surface area contributed by atoms with Crippen molar-refractivity contribution in [3.63, 3.8) is 0 Å². The molecule has 76 valence electrons.